The molecule has 0 radical (unpaired) electrons. The molecular weight excluding hydrogens is 969 g/mol. The van der Waals surface area contributed by atoms with Gasteiger partial charge in [0.05, 0.1) is 6.10 Å². The zero-order chi connectivity index (χ0) is 55.8. The maximum atomic E-state index is 12.8. The molecule has 3 N–H and O–H groups in total. The van der Waals surface area contributed by atoms with E-state index in [1.54, 1.807) is 26.0 Å². The standard InChI is InChI=1S/C24H34O4.C21H28O5.C21H30O2/c1-14-12-18-19(22(4)9-6-17(27)13-21(14)22)7-10-23(5)20(18)8-11-24(23,15(2)25)28-16(3)26;1-19-7-5-13(23)9-12(19)3-4-14-15-6-8-21(26,17(25)11-22)20(15,2)10-16(24)18(14)19;1-13(22)17-6-7-18-16-5-4-14-12-15(23)8-10-20(14,2)19(16)9-11-21(17,18)3/h13-14,18-20H,6-12H2,1-5H3;5,7,9,14-16,18,22,24,26H,3-4,6,8,10-11H2,1-2H3;12,16-19H,4-11H2,1-3H3/t14-,18+,19-,20-,22+,23-,24-;14-,15-,16-,18+,19-,20-,21-;16-,17+,18-,19-,20-,21+/m000/s1. The van der Waals surface area contributed by atoms with Crippen molar-refractivity contribution >= 4 is 40.7 Å². The van der Waals surface area contributed by atoms with E-state index in [4.69, 9.17) is 4.74 Å². The average Bonchev–Trinajstić information content (AvgIpc) is 4.15. The third-order valence-electron chi connectivity index (χ3n) is 26.0. The fourth-order valence-corrected chi connectivity index (χ4v) is 22.2. The topological polar surface area (TPSA) is 189 Å². The van der Waals surface area contributed by atoms with E-state index in [2.05, 4.69) is 41.5 Å². The number of esters is 1. The summed E-state index contributed by atoms with van der Waals surface area (Å²) in [4.78, 5) is 85.0. The van der Waals surface area contributed by atoms with Crippen LogP contribution in [0.15, 0.2) is 47.1 Å². The molecule has 11 nitrogen and oxygen atoms in total. The number of Topliss-reactive ketones (excluding diaryl/α,β-unsaturated/α-hetero) is 3. The summed E-state index contributed by atoms with van der Waals surface area (Å²) in [5.74, 6) is 4.89. The van der Waals surface area contributed by atoms with E-state index >= 15 is 0 Å². The number of aliphatic hydroxyl groups excluding tert-OH is 2. The molecule has 9 saturated carbocycles. The Morgan fingerprint density at radius 2 is 1.25 bits per heavy atom. The number of ether oxygens (including phenoxy) is 1. The molecule has 0 aromatic carbocycles. The van der Waals surface area contributed by atoms with Crippen molar-refractivity contribution in [2.75, 3.05) is 6.61 Å². The Morgan fingerprint density at radius 3 is 1.92 bits per heavy atom. The van der Waals surface area contributed by atoms with Crippen molar-refractivity contribution in [3.05, 3.63) is 47.1 Å². The third kappa shape index (κ3) is 8.32. The van der Waals surface area contributed by atoms with Gasteiger partial charge in [-0.25, -0.2) is 0 Å². The summed E-state index contributed by atoms with van der Waals surface area (Å²) in [5.41, 5.74) is 0.622. The first-order valence-corrected chi connectivity index (χ1v) is 30.3. The lowest BCUT2D eigenvalue weighted by Crippen LogP contribution is -2.61. The molecule has 0 unspecified atom stereocenters. The molecule has 0 heterocycles. The minimum absolute atomic E-state index is 0.00469. The number of hydrogen-bond donors (Lipinski definition) is 3. The van der Waals surface area contributed by atoms with Crippen LogP contribution >= 0.6 is 0 Å². The van der Waals surface area contributed by atoms with Crippen molar-refractivity contribution < 1.29 is 53.6 Å². The molecule has 0 aromatic heterocycles. The number of fused-ring (bicyclic) bond motifs is 15. The summed E-state index contributed by atoms with van der Waals surface area (Å²) in [6, 6.07) is 0. The van der Waals surface area contributed by atoms with E-state index in [1.807, 2.05) is 25.2 Å². The first-order chi connectivity index (χ1) is 36.1. The second kappa shape index (κ2) is 19.5. The summed E-state index contributed by atoms with van der Waals surface area (Å²) < 4.78 is 5.84. The van der Waals surface area contributed by atoms with E-state index in [1.165, 1.54) is 43.8 Å². The van der Waals surface area contributed by atoms with Crippen LogP contribution in [0.4, 0.5) is 0 Å². The molecule has 0 aliphatic heterocycles. The predicted molar refractivity (Wildman–Crippen MR) is 292 cm³/mol. The smallest absolute Gasteiger partial charge is 0.303 e. The summed E-state index contributed by atoms with van der Waals surface area (Å²) in [6.45, 7) is 19.9. The van der Waals surface area contributed by atoms with Crippen molar-refractivity contribution in [2.45, 2.75) is 215 Å². The maximum absolute atomic E-state index is 12.8. The van der Waals surface area contributed by atoms with Crippen LogP contribution in [0.5, 0.6) is 0 Å². The highest BCUT2D eigenvalue weighted by Gasteiger charge is 2.70. The number of allylic oxidation sites excluding steroid dienone is 6. The third-order valence-corrected chi connectivity index (χ3v) is 26.0. The molecule has 12 rings (SSSR count). The highest BCUT2D eigenvalue weighted by molar-refractivity contribution is 6.01. The quantitative estimate of drug-likeness (QED) is 0.222. The van der Waals surface area contributed by atoms with Crippen molar-refractivity contribution in [3.63, 3.8) is 0 Å². The average molecular weight is 1060 g/mol. The van der Waals surface area contributed by atoms with Crippen LogP contribution in [-0.4, -0.2) is 79.9 Å². The van der Waals surface area contributed by atoms with Crippen LogP contribution in [0.3, 0.4) is 0 Å². The minimum atomic E-state index is -1.56. The van der Waals surface area contributed by atoms with E-state index in [-0.39, 0.29) is 68.1 Å². The first kappa shape index (κ1) is 56.6. The number of aliphatic hydroxyl groups is 3. The second-order valence-corrected chi connectivity index (χ2v) is 28.9. The Kier molecular flexibility index (Phi) is 14.3. The van der Waals surface area contributed by atoms with Crippen LogP contribution in [0.2, 0.25) is 0 Å². The molecule has 0 spiro atoms. The fourth-order valence-electron chi connectivity index (χ4n) is 22.2. The molecule has 0 amide bonds. The molecule has 422 valence electrons. The predicted octanol–water partition coefficient (Wildman–Crippen LogP) is 10.9. The first-order valence-electron chi connectivity index (χ1n) is 30.3. The molecule has 0 aromatic rings. The Labute approximate surface area is 458 Å². The molecule has 12 aliphatic carbocycles. The molecule has 77 heavy (non-hydrogen) atoms. The lowest BCUT2D eigenvalue weighted by Gasteiger charge is -2.60. The fraction of sp³-hybridized carbons (Fsp3) is 0.773. The van der Waals surface area contributed by atoms with Crippen LogP contribution in [0.25, 0.3) is 0 Å². The largest absolute Gasteiger partial charge is 0.451 e. The van der Waals surface area contributed by atoms with Crippen molar-refractivity contribution in [1.82, 2.24) is 0 Å². The number of carbonyl (C=O) groups excluding carboxylic acids is 7. The normalized spacial score (nSPS) is 48.7. The van der Waals surface area contributed by atoms with Gasteiger partial charge >= 0.3 is 5.97 Å². The Morgan fingerprint density at radius 1 is 0.636 bits per heavy atom. The van der Waals surface area contributed by atoms with Crippen LogP contribution in [0.1, 0.15) is 198 Å². The van der Waals surface area contributed by atoms with Gasteiger partial charge in [0.25, 0.3) is 0 Å². The minimum Gasteiger partial charge on any atom is -0.451 e. The number of hydrogen-bond acceptors (Lipinski definition) is 11. The summed E-state index contributed by atoms with van der Waals surface area (Å²) in [6.07, 6.45) is 26.8. The van der Waals surface area contributed by atoms with Crippen LogP contribution < -0.4 is 0 Å². The van der Waals surface area contributed by atoms with Gasteiger partial charge in [-0.15, -0.1) is 0 Å². The highest BCUT2D eigenvalue weighted by Crippen LogP contribution is 2.71. The molecule has 9 fully saturated rings. The number of ketones is 6. The molecule has 12 aliphatic rings. The zero-order valence-electron chi connectivity index (χ0n) is 48.3. The van der Waals surface area contributed by atoms with Gasteiger partial charge in [-0.1, -0.05) is 71.3 Å². The van der Waals surface area contributed by atoms with Gasteiger partial charge in [-0.05, 0) is 223 Å². The van der Waals surface area contributed by atoms with E-state index in [9.17, 15) is 48.9 Å². The molecule has 0 bridgehead atoms. The molecular formula is C66H92O11. The lowest BCUT2D eigenvalue weighted by atomic mass is 9.44. The molecule has 11 heteroatoms. The maximum Gasteiger partial charge on any atom is 0.303 e. The van der Waals surface area contributed by atoms with Gasteiger partial charge in [0, 0.05) is 47.8 Å². The summed E-state index contributed by atoms with van der Waals surface area (Å²) in [7, 11) is 0. The van der Waals surface area contributed by atoms with Crippen molar-refractivity contribution in [3.8, 4) is 0 Å². The number of carbonyl (C=O) groups is 7. The summed E-state index contributed by atoms with van der Waals surface area (Å²) >= 11 is 0. The lowest BCUT2D eigenvalue weighted by molar-refractivity contribution is -0.187. The SMILES string of the molecule is CC(=O)O[C@]1(C(C)=O)CC[C@H]2[C@@H]3C[C@H](C)C4=CC(=O)CC[C@]4(C)[C@H]3CC[C@@]21C.CC(=O)[C@H]1CC[C@H]2[C@@H]3CCC4=CC(=O)CC[C@]4(C)[C@H]3CC[C@]12C.C[C@]12C=CC(=O)C=C1CC[C@@H]1[C@@H]2[C@@H](O)C[C@@]2(C)[C@H]1CC[C@]2(O)C(=O)CO. The Bertz CT molecular complexity index is 2640. The molecule has 0 saturated heterocycles. The number of rotatable bonds is 5. The zero-order valence-corrected chi connectivity index (χ0v) is 48.3. The highest BCUT2D eigenvalue weighted by atomic mass is 16.6. The van der Waals surface area contributed by atoms with Crippen LogP contribution in [0, 0.1) is 97.6 Å². The Balaban J connectivity index is 0.000000132. The van der Waals surface area contributed by atoms with E-state index < -0.39 is 35.1 Å². The van der Waals surface area contributed by atoms with E-state index in [0.29, 0.717) is 66.8 Å². The van der Waals surface area contributed by atoms with Crippen molar-refractivity contribution in [1.29, 1.82) is 0 Å². The van der Waals surface area contributed by atoms with Gasteiger partial charge in [0.1, 0.15) is 18.0 Å². The Hall–Kier alpha value is -3.67. The van der Waals surface area contributed by atoms with Gasteiger partial charge in [-0.2, -0.15) is 0 Å². The van der Waals surface area contributed by atoms with E-state index in [0.717, 1.165) is 100 Å². The van der Waals surface area contributed by atoms with Crippen LogP contribution in [-0.2, 0) is 38.3 Å². The second-order valence-electron chi connectivity index (χ2n) is 28.9. The van der Waals surface area contributed by atoms with Gasteiger partial charge < -0.3 is 20.1 Å². The van der Waals surface area contributed by atoms with Gasteiger partial charge in [0.2, 0.25) is 0 Å². The molecule has 20 atom stereocenters. The van der Waals surface area contributed by atoms with Crippen molar-refractivity contribution in [2.24, 2.45) is 97.6 Å². The monoisotopic (exact) mass is 1060 g/mol. The van der Waals surface area contributed by atoms with Gasteiger partial charge in [0.15, 0.2) is 34.5 Å². The van der Waals surface area contributed by atoms with Gasteiger partial charge in [-0.3, -0.25) is 33.6 Å². The summed E-state index contributed by atoms with van der Waals surface area (Å²) in [5, 5.41) is 31.7.